The Labute approximate surface area is 187 Å². The molecule has 1 heterocycles. The lowest BCUT2D eigenvalue weighted by molar-refractivity contribution is 0.0698. The number of halogens is 1. The van der Waals surface area contributed by atoms with Crippen LogP contribution in [-0.4, -0.2) is 70.0 Å². The molecule has 0 aliphatic carbocycles. The zero-order valence-corrected chi connectivity index (χ0v) is 19.7. The maximum atomic E-state index is 5.50. The van der Waals surface area contributed by atoms with Crippen LogP contribution < -0.4 is 10.6 Å². The summed E-state index contributed by atoms with van der Waals surface area (Å²) in [6.07, 6.45) is 3.44. The first kappa shape index (κ1) is 25.1. The van der Waals surface area contributed by atoms with E-state index in [-0.39, 0.29) is 24.0 Å². The van der Waals surface area contributed by atoms with Crippen molar-refractivity contribution in [3.8, 4) is 0 Å². The summed E-state index contributed by atoms with van der Waals surface area (Å²) in [6, 6.07) is 11.2. The van der Waals surface area contributed by atoms with Crippen molar-refractivity contribution >= 4 is 29.9 Å². The molecule has 0 bridgehead atoms. The fourth-order valence-corrected chi connectivity index (χ4v) is 3.29. The van der Waals surface area contributed by atoms with E-state index in [1.807, 2.05) is 0 Å². The van der Waals surface area contributed by atoms with Crippen LogP contribution in [0, 0.1) is 0 Å². The first-order valence-corrected chi connectivity index (χ1v) is 10.2. The average molecular weight is 504 g/mol. The highest BCUT2D eigenvalue weighted by Crippen LogP contribution is 2.20. The van der Waals surface area contributed by atoms with E-state index in [0.717, 1.165) is 51.7 Å². The molecule has 2 rings (SSSR count). The van der Waals surface area contributed by atoms with Crippen LogP contribution in [0.1, 0.15) is 31.7 Å². The maximum absolute atomic E-state index is 5.50. The van der Waals surface area contributed by atoms with Gasteiger partial charge in [-0.05, 0) is 38.3 Å². The number of methoxy groups -OCH3 is 1. The minimum absolute atomic E-state index is 0. The topological polar surface area (TPSA) is 58.1 Å². The number of likely N-dealkylation sites (tertiary alicyclic amines) is 1. The summed E-state index contributed by atoms with van der Waals surface area (Å²) in [7, 11) is 1.69. The number of benzene rings is 1. The van der Waals surface area contributed by atoms with Crippen LogP contribution in [0.25, 0.3) is 0 Å². The van der Waals surface area contributed by atoms with Gasteiger partial charge in [-0.3, -0.25) is 9.89 Å². The van der Waals surface area contributed by atoms with E-state index in [2.05, 4.69) is 52.8 Å². The van der Waals surface area contributed by atoms with Crippen molar-refractivity contribution < 1.29 is 9.47 Å². The number of nitrogens with zero attached hydrogens (tertiary/aromatic N) is 2. The van der Waals surface area contributed by atoms with Gasteiger partial charge in [0.15, 0.2) is 5.96 Å². The number of nitrogens with one attached hydrogen (secondary N) is 2. The van der Waals surface area contributed by atoms with Gasteiger partial charge in [-0.1, -0.05) is 30.3 Å². The van der Waals surface area contributed by atoms with Gasteiger partial charge in [-0.2, -0.15) is 0 Å². The molecule has 160 valence electrons. The number of aliphatic imine (C=N–C) groups is 1. The molecule has 1 atom stereocenters. The van der Waals surface area contributed by atoms with Crippen LogP contribution in [0.4, 0.5) is 0 Å². The van der Waals surface area contributed by atoms with Crippen molar-refractivity contribution in [2.45, 2.75) is 38.8 Å². The number of rotatable bonds is 12. The third-order valence-electron chi connectivity index (χ3n) is 4.72. The standard InChI is InChI=1S/C21H36N4O2.HI/c1-3-22-21(23-12-8-14-27-16-15-26-2)24-17-20-11-7-13-25(20)18-19-9-5-4-6-10-19;/h4-6,9-10,20H,3,7-8,11-18H2,1-2H3,(H2,22,23,24);1H. The minimum Gasteiger partial charge on any atom is -0.382 e. The van der Waals surface area contributed by atoms with Gasteiger partial charge in [0.1, 0.15) is 0 Å². The molecule has 1 aromatic rings. The summed E-state index contributed by atoms with van der Waals surface area (Å²) in [6.45, 7) is 8.90. The molecule has 1 aromatic carbocycles. The quantitative estimate of drug-likeness (QED) is 0.199. The second-order valence-electron chi connectivity index (χ2n) is 6.86. The molecule has 0 aromatic heterocycles. The molecule has 0 saturated carbocycles. The van der Waals surface area contributed by atoms with E-state index in [1.165, 1.54) is 18.4 Å². The highest BCUT2D eigenvalue weighted by molar-refractivity contribution is 14.0. The van der Waals surface area contributed by atoms with Crippen LogP contribution >= 0.6 is 24.0 Å². The first-order chi connectivity index (χ1) is 13.3. The van der Waals surface area contributed by atoms with E-state index in [1.54, 1.807) is 7.11 Å². The van der Waals surface area contributed by atoms with E-state index in [0.29, 0.717) is 19.3 Å². The van der Waals surface area contributed by atoms with Crippen molar-refractivity contribution in [1.29, 1.82) is 0 Å². The number of hydrogen-bond donors (Lipinski definition) is 2. The molecule has 1 fully saturated rings. The summed E-state index contributed by atoms with van der Waals surface area (Å²) in [4.78, 5) is 7.39. The molecule has 0 spiro atoms. The fourth-order valence-electron chi connectivity index (χ4n) is 3.29. The summed E-state index contributed by atoms with van der Waals surface area (Å²) < 4.78 is 10.5. The summed E-state index contributed by atoms with van der Waals surface area (Å²) in [5.41, 5.74) is 1.38. The molecule has 2 N–H and O–H groups in total. The smallest absolute Gasteiger partial charge is 0.191 e. The van der Waals surface area contributed by atoms with E-state index in [4.69, 9.17) is 14.5 Å². The van der Waals surface area contributed by atoms with Crippen molar-refractivity contribution in [2.24, 2.45) is 4.99 Å². The molecular formula is C21H37IN4O2. The predicted octanol–water partition coefficient (Wildman–Crippen LogP) is 2.88. The first-order valence-electron chi connectivity index (χ1n) is 10.2. The molecule has 0 amide bonds. The van der Waals surface area contributed by atoms with Crippen LogP contribution in [0.5, 0.6) is 0 Å². The zero-order valence-electron chi connectivity index (χ0n) is 17.4. The molecule has 28 heavy (non-hydrogen) atoms. The third-order valence-corrected chi connectivity index (χ3v) is 4.72. The van der Waals surface area contributed by atoms with Crippen molar-refractivity contribution in [2.75, 3.05) is 53.1 Å². The van der Waals surface area contributed by atoms with E-state index >= 15 is 0 Å². The minimum atomic E-state index is 0. The molecule has 1 aliphatic rings. The van der Waals surface area contributed by atoms with Crippen LogP contribution in [0.15, 0.2) is 35.3 Å². The van der Waals surface area contributed by atoms with E-state index in [9.17, 15) is 0 Å². The van der Waals surface area contributed by atoms with Crippen molar-refractivity contribution in [3.63, 3.8) is 0 Å². The Morgan fingerprint density at radius 1 is 1.18 bits per heavy atom. The molecule has 6 nitrogen and oxygen atoms in total. The van der Waals surface area contributed by atoms with Gasteiger partial charge in [0.05, 0.1) is 19.8 Å². The van der Waals surface area contributed by atoms with Gasteiger partial charge < -0.3 is 20.1 Å². The molecule has 7 heteroatoms. The summed E-state index contributed by atoms with van der Waals surface area (Å²) in [5.74, 6) is 0.904. The fraction of sp³-hybridized carbons (Fsp3) is 0.667. The highest BCUT2D eigenvalue weighted by atomic mass is 127. The highest BCUT2D eigenvalue weighted by Gasteiger charge is 2.24. The second-order valence-corrected chi connectivity index (χ2v) is 6.86. The molecule has 1 saturated heterocycles. The Hall–Kier alpha value is -0.900. The van der Waals surface area contributed by atoms with Crippen LogP contribution in [-0.2, 0) is 16.0 Å². The Kier molecular flexibility index (Phi) is 14.3. The molecular weight excluding hydrogens is 467 g/mol. The molecule has 1 unspecified atom stereocenters. The zero-order chi connectivity index (χ0) is 19.2. The number of ether oxygens (including phenoxy) is 2. The SMILES string of the molecule is CCNC(=NCC1CCCN1Cc1ccccc1)NCCCOCCOC.I. The average Bonchev–Trinajstić information content (AvgIpc) is 3.13. The lowest BCUT2D eigenvalue weighted by atomic mass is 10.2. The number of guanidine groups is 1. The van der Waals surface area contributed by atoms with Crippen LogP contribution in [0.3, 0.4) is 0 Å². The van der Waals surface area contributed by atoms with Gasteiger partial charge in [-0.25, -0.2) is 0 Å². The Balaban J connectivity index is 0.00000392. The normalized spacial score (nSPS) is 17.4. The third kappa shape index (κ3) is 10.0. The van der Waals surface area contributed by atoms with Crippen molar-refractivity contribution in [1.82, 2.24) is 15.5 Å². The van der Waals surface area contributed by atoms with Gasteiger partial charge in [0, 0.05) is 39.4 Å². The summed E-state index contributed by atoms with van der Waals surface area (Å²) >= 11 is 0. The summed E-state index contributed by atoms with van der Waals surface area (Å²) in [5, 5.41) is 6.75. The van der Waals surface area contributed by atoms with Gasteiger partial charge in [0.25, 0.3) is 0 Å². The second kappa shape index (κ2) is 16.0. The van der Waals surface area contributed by atoms with Gasteiger partial charge >= 0.3 is 0 Å². The van der Waals surface area contributed by atoms with E-state index < -0.39 is 0 Å². The lowest BCUT2D eigenvalue weighted by Gasteiger charge is -2.23. The Morgan fingerprint density at radius 2 is 2.00 bits per heavy atom. The maximum Gasteiger partial charge on any atom is 0.191 e. The van der Waals surface area contributed by atoms with Gasteiger partial charge in [-0.15, -0.1) is 24.0 Å². The lowest BCUT2D eigenvalue weighted by Crippen LogP contribution is -2.39. The van der Waals surface area contributed by atoms with Crippen molar-refractivity contribution in [3.05, 3.63) is 35.9 Å². The largest absolute Gasteiger partial charge is 0.382 e. The number of hydrogen-bond acceptors (Lipinski definition) is 4. The predicted molar refractivity (Wildman–Crippen MR) is 127 cm³/mol. The molecule has 0 radical (unpaired) electrons. The van der Waals surface area contributed by atoms with Gasteiger partial charge in [0.2, 0.25) is 0 Å². The molecule has 1 aliphatic heterocycles. The monoisotopic (exact) mass is 504 g/mol. The van der Waals surface area contributed by atoms with Crippen LogP contribution in [0.2, 0.25) is 0 Å². The Bertz CT molecular complexity index is 530. The Morgan fingerprint density at radius 3 is 2.75 bits per heavy atom.